The number of hydrogen-bond donors (Lipinski definition) is 1. The minimum Gasteiger partial charge on any atom is -0.506 e. The SMILES string of the molecule is CSc1cccc(N2C(=O)/C(=C\c3ccc(O)c(Cl)c3)SC2=S)c1. The molecule has 1 amide bonds. The largest absolute Gasteiger partial charge is 0.506 e. The van der Waals surface area contributed by atoms with Crippen LogP contribution >= 0.6 is 47.3 Å². The molecule has 1 fully saturated rings. The maximum absolute atomic E-state index is 12.7. The Hall–Kier alpha value is -1.47. The van der Waals surface area contributed by atoms with Crippen molar-refractivity contribution in [2.75, 3.05) is 11.2 Å². The molecule has 1 aliphatic heterocycles. The molecule has 0 bridgehead atoms. The van der Waals surface area contributed by atoms with E-state index in [0.29, 0.717) is 9.23 Å². The number of hydrogen-bond acceptors (Lipinski definition) is 5. The number of amides is 1. The molecule has 0 aliphatic carbocycles. The van der Waals surface area contributed by atoms with Crippen molar-refractivity contribution in [1.29, 1.82) is 0 Å². The van der Waals surface area contributed by atoms with E-state index >= 15 is 0 Å². The van der Waals surface area contributed by atoms with Crippen LogP contribution in [0.15, 0.2) is 52.3 Å². The van der Waals surface area contributed by atoms with Gasteiger partial charge in [-0.3, -0.25) is 9.69 Å². The van der Waals surface area contributed by atoms with E-state index < -0.39 is 0 Å². The molecule has 1 saturated heterocycles. The van der Waals surface area contributed by atoms with Crippen LogP contribution in [0.25, 0.3) is 6.08 Å². The molecule has 122 valence electrons. The van der Waals surface area contributed by atoms with Crippen LogP contribution in [0.1, 0.15) is 5.56 Å². The van der Waals surface area contributed by atoms with E-state index in [9.17, 15) is 9.90 Å². The van der Waals surface area contributed by atoms with Crippen LogP contribution in [0.4, 0.5) is 5.69 Å². The van der Waals surface area contributed by atoms with E-state index in [-0.39, 0.29) is 16.7 Å². The van der Waals surface area contributed by atoms with Gasteiger partial charge in [-0.05, 0) is 48.2 Å². The summed E-state index contributed by atoms with van der Waals surface area (Å²) in [5.74, 6) is -0.150. The number of rotatable bonds is 3. The predicted octanol–water partition coefficient (Wildman–Crippen LogP) is 5.17. The Morgan fingerprint density at radius 1 is 1.29 bits per heavy atom. The average molecular weight is 394 g/mol. The highest BCUT2D eigenvalue weighted by Crippen LogP contribution is 2.37. The van der Waals surface area contributed by atoms with Crippen molar-refractivity contribution in [3.05, 3.63) is 58.0 Å². The van der Waals surface area contributed by atoms with Crippen LogP contribution in [0, 0.1) is 0 Å². The van der Waals surface area contributed by atoms with Crippen LogP contribution in [0.3, 0.4) is 0 Å². The van der Waals surface area contributed by atoms with Gasteiger partial charge in [0.25, 0.3) is 5.91 Å². The summed E-state index contributed by atoms with van der Waals surface area (Å²) in [4.78, 5) is 15.9. The Labute approximate surface area is 158 Å². The third-order valence-electron chi connectivity index (χ3n) is 3.37. The highest BCUT2D eigenvalue weighted by molar-refractivity contribution is 8.27. The number of nitrogens with zero attached hydrogens (tertiary/aromatic N) is 1. The zero-order valence-electron chi connectivity index (χ0n) is 12.5. The van der Waals surface area contributed by atoms with Crippen LogP contribution in [-0.2, 0) is 4.79 Å². The summed E-state index contributed by atoms with van der Waals surface area (Å²) in [5.41, 5.74) is 1.49. The molecule has 0 spiro atoms. The van der Waals surface area contributed by atoms with Crippen LogP contribution in [-0.4, -0.2) is 21.6 Å². The number of anilines is 1. The van der Waals surface area contributed by atoms with Gasteiger partial charge in [-0.25, -0.2) is 0 Å². The number of phenolic OH excluding ortho intramolecular Hbond substituents is 1. The van der Waals surface area contributed by atoms with Crippen molar-refractivity contribution in [3.63, 3.8) is 0 Å². The van der Waals surface area contributed by atoms with Crippen LogP contribution in [0.5, 0.6) is 5.75 Å². The van der Waals surface area contributed by atoms with E-state index in [0.717, 1.165) is 16.1 Å². The van der Waals surface area contributed by atoms with Gasteiger partial charge in [0.05, 0.1) is 15.6 Å². The molecule has 0 aromatic heterocycles. The molecule has 1 aliphatic rings. The monoisotopic (exact) mass is 393 g/mol. The van der Waals surface area contributed by atoms with Crippen molar-refractivity contribution in [3.8, 4) is 5.75 Å². The number of thiocarbonyl (C=S) groups is 1. The van der Waals surface area contributed by atoms with Crippen molar-refractivity contribution in [2.24, 2.45) is 0 Å². The zero-order valence-corrected chi connectivity index (χ0v) is 15.7. The molecule has 1 heterocycles. The first-order chi connectivity index (χ1) is 11.5. The Morgan fingerprint density at radius 3 is 2.79 bits per heavy atom. The summed E-state index contributed by atoms with van der Waals surface area (Å²) in [7, 11) is 0. The molecule has 0 radical (unpaired) electrons. The average Bonchev–Trinajstić information content (AvgIpc) is 2.85. The second kappa shape index (κ2) is 7.19. The van der Waals surface area contributed by atoms with E-state index in [2.05, 4.69) is 0 Å². The fraction of sp³-hybridized carbons (Fsp3) is 0.0588. The van der Waals surface area contributed by atoms with E-state index in [1.165, 1.54) is 22.7 Å². The second-order valence-corrected chi connectivity index (χ2v) is 7.89. The summed E-state index contributed by atoms with van der Waals surface area (Å²) in [6.07, 6.45) is 3.71. The third-order valence-corrected chi connectivity index (χ3v) is 5.70. The van der Waals surface area contributed by atoms with Gasteiger partial charge in [-0.1, -0.05) is 47.7 Å². The normalized spacial score (nSPS) is 16.2. The van der Waals surface area contributed by atoms with Crippen molar-refractivity contribution in [1.82, 2.24) is 0 Å². The van der Waals surface area contributed by atoms with Gasteiger partial charge in [0.1, 0.15) is 5.75 Å². The van der Waals surface area contributed by atoms with E-state index in [1.54, 1.807) is 30.0 Å². The molecule has 2 aromatic carbocycles. The van der Waals surface area contributed by atoms with Gasteiger partial charge in [0.15, 0.2) is 4.32 Å². The lowest BCUT2D eigenvalue weighted by atomic mass is 10.2. The number of carbonyl (C=O) groups excluding carboxylic acids is 1. The minimum atomic E-state index is -0.160. The number of carbonyl (C=O) groups is 1. The topological polar surface area (TPSA) is 40.5 Å². The van der Waals surface area contributed by atoms with Crippen LogP contribution < -0.4 is 4.90 Å². The molecule has 24 heavy (non-hydrogen) atoms. The second-order valence-electron chi connectivity index (χ2n) is 4.93. The number of aromatic hydroxyl groups is 1. The Kier molecular flexibility index (Phi) is 5.20. The van der Waals surface area contributed by atoms with Crippen molar-refractivity contribution >= 4 is 69.3 Å². The van der Waals surface area contributed by atoms with Gasteiger partial charge < -0.3 is 5.11 Å². The first-order valence-electron chi connectivity index (χ1n) is 6.90. The Balaban J connectivity index is 1.93. The maximum atomic E-state index is 12.7. The molecule has 2 aromatic rings. The minimum absolute atomic E-state index is 0.00949. The first-order valence-corrected chi connectivity index (χ1v) is 9.73. The smallest absolute Gasteiger partial charge is 0.270 e. The van der Waals surface area contributed by atoms with Gasteiger partial charge in [-0.2, -0.15) is 0 Å². The van der Waals surface area contributed by atoms with Gasteiger partial charge in [0, 0.05) is 4.90 Å². The van der Waals surface area contributed by atoms with E-state index in [4.69, 9.17) is 23.8 Å². The number of halogens is 1. The number of phenols is 1. The summed E-state index contributed by atoms with van der Waals surface area (Å²) in [5, 5.41) is 9.73. The van der Waals surface area contributed by atoms with Gasteiger partial charge in [-0.15, -0.1) is 11.8 Å². The lowest BCUT2D eigenvalue weighted by molar-refractivity contribution is -0.113. The molecule has 0 unspecified atom stereocenters. The number of thioether (sulfide) groups is 2. The fourth-order valence-corrected chi connectivity index (χ4v) is 4.15. The molecule has 0 atom stereocenters. The van der Waals surface area contributed by atoms with Gasteiger partial charge in [0.2, 0.25) is 0 Å². The molecule has 7 heteroatoms. The first kappa shape index (κ1) is 17.4. The molecule has 0 saturated carbocycles. The third kappa shape index (κ3) is 3.47. The molecule has 3 nitrogen and oxygen atoms in total. The lowest BCUT2D eigenvalue weighted by Gasteiger charge is -2.15. The van der Waals surface area contributed by atoms with Crippen LogP contribution in [0.2, 0.25) is 5.02 Å². The molecular formula is C17H12ClNO2S3. The highest BCUT2D eigenvalue weighted by atomic mass is 35.5. The predicted molar refractivity (Wildman–Crippen MR) is 107 cm³/mol. The number of benzene rings is 2. The van der Waals surface area contributed by atoms with E-state index in [1.807, 2.05) is 30.5 Å². The zero-order chi connectivity index (χ0) is 17.3. The summed E-state index contributed by atoms with van der Waals surface area (Å²) in [6, 6.07) is 12.5. The maximum Gasteiger partial charge on any atom is 0.270 e. The molecule has 1 N–H and O–H groups in total. The fourth-order valence-electron chi connectivity index (χ4n) is 2.20. The molecular weight excluding hydrogens is 382 g/mol. The van der Waals surface area contributed by atoms with Crippen molar-refractivity contribution in [2.45, 2.75) is 4.90 Å². The Bertz CT molecular complexity index is 867. The van der Waals surface area contributed by atoms with Gasteiger partial charge >= 0.3 is 0 Å². The lowest BCUT2D eigenvalue weighted by Crippen LogP contribution is -2.27. The Morgan fingerprint density at radius 2 is 2.08 bits per heavy atom. The quantitative estimate of drug-likeness (QED) is 0.442. The summed E-state index contributed by atoms with van der Waals surface area (Å²) in [6.45, 7) is 0. The highest BCUT2D eigenvalue weighted by Gasteiger charge is 2.33. The standard InChI is InChI=1S/C17H12ClNO2S3/c1-23-12-4-2-3-11(9-12)19-16(21)15(24-17(19)22)8-10-5-6-14(20)13(18)7-10/h2-9,20H,1H3/b15-8+. The molecule has 3 rings (SSSR count). The summed E-state index contributed by atoms with van der Waals surface area (Å²) >= 11 is 14.1. The summed E-state index contributed by atoms with van der Waals surface area (Å²) < 4.78 is 0.495. The van der Waals surface area contributed by atoms with Crippen molar-refractivity contribution < 1.29 is 9.90 Å².